The number of nitrogens with zero attached hydrogens (tertiary/aromatic N) is 4. The molecule has 27 heavy (non-hydrogen) atoms. The summed E-state index contributed by atoms with van der Waals surface area (Å²) in [6.07, 6.45) is 10.7. The second-order valence-electron chi connectivity index (χ2n) is 8.86. The van der Waals surface area contributed by atoms with Crippen LogP contribution in [0, 0.1) is 6.92 Å². The van der Waals surface area contributed by atoms with Crippen molar-refractivity contribution < 1.29 is 0 Å². The van der Waals surface area contributed by atoms with E-state index in [0.29, 0.717) is 0 Å². The molecule has 2 aromatic heterocycles. The Bertz CT molecular complexity index is 788. The Labute approximate surface area is 163 Å². The maximum atomic E-state index is 2.65. The van der Waals surface area contributed by atoms with Gasteiger partial charge < -0.3 is 9.13 Å². The van der Waals surface area contributed by atoms with Crippen molar-refractivity contribution >= 4 is 0 Å². The fourth-order valence-electron chi connectivity index (χ4n) is 5.42. The second kappa shape index (κ2) is 7.48. The van der Waals surface area contributed by atoms with Crippen LogP contribution in [0.5, 0.6) is 0 Å². The normalized spacial score (nSPS) is 21.2. The number of aryl methyl sites for hydroxylation is 1. The molecule has 0 bridgehead atoms. The van der Waals surface area contributed by atoms with Gasteiger partial charge in [0.25, 0.3) is 0 Å². The first-order valence-corrected chi connectivity index (χ1v) is 11.1. The number of rotatable bonds is 4. The summed E-state index contributed by atoms with van der Waals surface area (Å²) in [4.78, 5) is 5.30. The third-order valence-corrected chi connectivity index (χ3v) is 6.99. The van der Waals surface area contributed by atoms with E-state index < -0.39 is 0 Å². The van der Waals surface area contributed by atoms with E-state index in [1.54, 1.807) is 5.56 Å². The van der Waals surface area contributed by atoms with Crippen LogP contribution in [0.2, 0.25) is 0 Å². The lowest BCUT2D eigenvalue weighted by Crippen LogP contribution is -2.30. The Balaban J connectivity index is 1.39. The van der Waals surface area contributed by atoms with Crippen molar-refractivity contribution in [2.75, 3.05) is 26.2 Å². The largest absolute Gasteiger partial charge is 0.344 e. The highest BCUT2D eigenvalue weighted by Crippen LogP contribution is 2.34. The van der Waals surface area contributed by atoms with E-state index in [9.17, 15) is 0 Å². The molecule has 0 atom stereocenters. The van der Waals surface area contributed by atoms with E-state index in [1.165, 1.54) is 87.3 Å². The van der Waals surface area contributed by atoms with Crippen LogP contribution in [0.1, 0.15) is 55.3 Å². The van der Waals surface area contributed by atoms with Crippen molar-refractivity contribution in [3.63, 3.8) is 0 Å². The third kappa shape index (κ3) is 3.38. The van der Waals surface area contributed by atoms with Gasteiger partial charge in [-0.2, -0.15) is 0 Å². The van der Waals surface area contributed by atoms with Gasteiger partial charge in [-0.3, -0.25) is 9.80 Å². The van der Waals surface area contributed by atoms with Crippen LogP contribution in [0.4, 0.5) is 0 Å². The van der Waals surface area contributed by atoms with Crippen molar-refractivity contribution in [1.82, 2.24) is 18.9 Å². The summed E-state index contributed by atoms with van der Waals surface area (Å²) < 4.78 is 5.12. The zero-order valence-electron chi connectivity index (χ0n) is 16.9. The standard InChI is InChI=1S/C23H34N4/c1-19-20(16-24-10-4-2-5-11-24)17-26-14-15-27-21(8-9-22(27)23(19)26)18-25-12-6-3-7-13-25/h8-9,17H,2-7,10-16,18H2,1H3. The van der Waals surface area contributed by atoms with Gasteiger partial charge in [-0.25, -0.2) is 0 Å². The van der Waals surface area contributed by atoms with Crippen LogP contribution in [-0.4, -0.2) is 45.1 Å². The molecule has 0 aliphatic carbocycles. The van der Waals surface area contributed by atoms with Crippen molar-refractivity contribution in [1.29, 1.82) is 0 Å². The number of likely N-dealkylation sites (tertiary alicyclic amines) is 2. The lowest BCUT2D eigenvalue weighted by atomic mass is 10.1. The highest BCUT2D eigenvalue weighted by atomic mass is 15.2. The van der Waals surface area contributed by atoms with Crippen LogP contribution in [0.15, 0.2) is 18.3 Å². The lowest BCUT2D eigenvalue weighted by molar-refractivity contribution is 0.215. The summed E-state index contributed by atoms with van der Waals surface area (Å²) in [6.45, 7) is 11.9. The van der Waals surface area contributed by atoms with Gasteiger partial charge in [-0.15, -0.1) is 0 Å². The quantitative estimate of drug-likeness (QED) is 0.804. The minimum atomic E-state index is 1.12. The van der Waals surface area contributed by atoms with Gasteiger partial charge in [0.1, 0.15) is 0 Å². The minimum absolute atomic E-state index is 1.12. The van der Waals surface area contributed by atoms with Gasteiger partial charge in [0, 0.05) is 38.1 Å². The Morgan fingerprint density at radius 1 is 0.741 bits per heavy atom. The van der Waals surface area contributed by atoms with Gasteiger partial charge in [-0.1, -0.05) is 12.8 Å². The highest BCUT2D eigenvalue weighted by Gasteiger charge is 2.24. The van der Waals surface area contributed by atoms with Gasteiger partial charge in [0.15, 0.2) is 0 Å². The number of aromatic nitrogens is 2. The molecular formula is C23H34N4. The molecule has 146 valence electrons. The van der Waals surface area contributed by atoms with Crippen molar-refractivity contribution in [2.24, 2.45) is 0 Å². The van der Waals surface area contributed by atoms with Crippen LogP contribution in [0.25, 0.3) is 11.4 Å². The molecule has 0 unspecified atom stereocenters. The molecule has 0 aromatic carbocycles. The molecule has 0 N–H and O–H groups in total. The van der Waals surface area contributed by atoms with E-state index in [2.05, 4.69) is 44.2 Å². The summed E-state index contributed by atoms with van der Waals surface area (Å²) in [7, 11) is 0. The van der Waals surface area contributed by atoms with Crippen molar-refractivity contribution in [2.45, 2.75) is 71.6 Å². The van der Waals surface area contributed by atoms with Gasteiger partial charge in [0.2, 0.25) is 0 Å². The maximum Gasteiger partial charge on any atom is 0.0681 e. The smallest absolute Gasteiger partial charge is 0.0681 e. The predicted molar refractivity (Wildman–Crippen MR) is 111 cm³/mol. The SMILES string of the molecule is Cc1c(CN2CCCCC2)cn2c1-c1ccc(CN3CCCCC3)n1CC2. The third-order valence-electron chi connectivity index (χ3n) is 6.99. The summed E-state index contributed by atoms with van der Waals surface area (Å²) >= 11 is 0. The fourth-order valence-corrected chi connectivity index (χ4v) is 5.42. The molecule has 2 saturated heterocycles. The first kappa shape index (κ1) is 17.6. The number of hydrogen-bond acceptors (Lipinski definition) is 2. The monoisotopic (exact) mass is 366 g/mol. The highest BCUT2D eigenvalue weighted by molar-refractivity contribution is 5.65. The van der Waals surface area contributed by atoms with E-state index in [-0.39, 0.29) is 0 Å². The summed E-state index contributed by atoms with van der Waals surface area (Å²) in [5, 5.41) is 0. The molecule has 0 spiro atoms. The molecule has 3 aliphatic heterocycles. The lowest BCUT2D eigenvalue weighted by Gasteiger charge is -2.28. The summed E-state index contributed by atoms with van der Waals surface area (Å²) in [6, 6.07) is 4.76. The van der Waals surface area contributed by atoms with Crippen LogP contribution >= 0.6 is 0 Å². The van der Waals surface area contributed by atoms with E-state index in [0.717, 1.165) is 26.2 Å². The number of hydrogen-bond donors (Lipinski definition) is 0. The molecule has 4 heteroatoms. The molecule has 4 nitrogen and oxygen atoms in total. The molecule has 5 heterocycles. The number of piperidine rings is 2. The fraction of sp³-hybridized carbons (Fsp3) is 0.652. The average molecular weight is 367 g/mol. The van der Waals surface area contributed by atoms with Gasteiger partial charge in [-0.05, 0) is 82.0 Å². The van der Waals surface area contributed by atoms with E-state index in [4.69, 9.17) is 0 Å². The van der Waals surface area contributed by atoms with Crippen molar-refractivity contribution in [3.8, 4) is 11.4 Å². The molecule has 2 aromatic rings. The molecule has 0 amide bonds. The van der Waals surface area contributed by atoms with Crippen molar-refractivity contribution in [3.05, 3.63) is 35.2 Å². The zero-order valence-corrected chi connectivity index (χ0v) is 16.9. The summed E-state index contributed by atoms with van der Waals surface area (Å²) in [5.74, 6) is 0. The molecule has 5 rings (SSSR count). The van der Waals surface area contributed by atoms with Crippen LogP contribution in [-0.2, 0) is 26.2 Å². The van der Waals surface area contributed by atoms with E-state index in [1.807, 2.05) is 0 Å². The summed E-state index contributed by atoms with van der Waals surface area (Å²) in [5.41, 5.74) is 7.47. The zero-order chi connectivity index (χ0) is 18.2. The maximum absolute atomic E-state index is 2.65. The molecular weight excluding hydrogens is 332 g/mol. The van der Waals surface area contributed by atoms with Crippen LogP contribution < -0.4 is 0 Å². The Hall–Kier alpha value is -1.52. The first-order valence-electron chi connectivity index (χ1n) is 11.1. The predicted octanol–water partition coefficient (Wildman–Crippen LogP) is 4.25. The Morgan fingerprint density at radius 3 is 2.11 bits per heavy atom. The topological polar surface area (TPSA) is 16.3 Å². The molecule has 0 saturated carbocycles. The van der Waals surface area contributed by atoms with Crippen LogP contribution in [0.3, 0.4) is 0 Å². The average Bonchev–Trinajstić information content (AvgIpc) is 3.25. The van der Waals surface area contributed by atoms with E-state index >= 15 is 0 Å². The Morgan fingerprint density at radius 2 is 1.41 bits per heavy atom. The molecule has 0 radical (unpaired) electrons. The van der Waals surface area contributed by atoms with Gasteiger partial charge >= 0.3 is 0 Å². The Kier molecular flexibility index (Phi) is 4.87. The molecule has 3 aliphatic rings. The van der Waals surface area contributed by atoms with Gasteiger partial charge in [0.05, 0.1) is 11.4 Å². The molecule has 2 fully saturated rings. The number of fused-ring (bicyclic) bond motifs is 3. The minimum Gasteiger partial charge on any atom is -0.344 e. The second-order valence-corrected chi connectivity index (χ2v) is 8.86. The first-order chi connectivity index (χ1) is 13.3.